The van der Waals surface area contributed by atoms with Crippen molar-refractivity contribution < 1.29 is 49.3 Å². The molecule has 1 aliphatic rings. The third-order valence-electron chi connectivity index (χ3n) is 14.8. The van der Waals surface area contributed by atoms with Crippen LogP contribution in [0.3, 0.4) is 0 Å². The number of amides is 1. The molecule has 0 aromatic carbocycles. The molecule has 0 radical (unpaired) electrons. The van der Waals surface area contributed by atoms with Crippen LogP contribution in [0.2, 0.25) is 0 Å². The van der Waals surface area contributed by atoms with Crippen LogP contribution in [0.1, 0.15) is 277 Å². The smallest absolute Gasteiger partial charge is 0.305 e. The molecule has 1 aliphatic heterocycles. The number of aliphatic hydroxyl groups is 5. The van der Waals surface area contributed by atoms with Gasteiger partial charge in [0.15, 0.2) is 6.29 Å². The summed E-state index contributed by atoms with van der Waals surface area (Å²) in [6, 6.07) is -0.834. The molecule has 78 heavy (non-hydrogen) atoms. The minimum absolute atomic E-state index is 0.0101. The van der Waals surface area contributed by atoms with Crippen molar-refractivity contribution in [3.05, 3.63) is 72.9 Å². The first kappa shape index (κ1) is 73.1. The first-order valence-corrected chi connectivity index (χ1v) is 32.2. The predicted molar refractivity (Wildman–Crippen MR) is 324 cm³/mol. The molecule has 452 valence electrons. The third-order valence-corrected chi connectivity index (χ3v) is 14.8. The number of carbonyl (C=O) groups excluding carboxylic acids is 2. The molecule has 1 saturated heterocycles. The molecule has 11 nitrogen and oxygen atoms in total. The monoisotopic (exact) mass is 1100 g/mol. The van der Waals surface area contributed by atoms with Gasteiger partial charge in [0.1, 0.15) is 24.4 Å². The first-order valence-electron chi connectivity index (χ1n) is 32.2. The SMILES string of the molecule is C/C=C/CC/C=C/CC/C=C/C(O)C(COC1OC(CO)C(O)C(O)C1O)NC(=O)CCCCCCCCCCCCCC/C=C\CCCCCCCCCCCCCCOC(=O)CCCCCCC/C=C\C/C=C\CCC. The van der Waals surface area contributed by atoms with Crippen molar-refractivity contribution in [3.63, 3.8) is 0 Å². The summed E-state index contributed by atoms with van der Waals surface area (Å²) < 4.78 is 16.7. The Bertz CT molecular complexity index is 1520. The second-order valence-corrected chi connectivity index (χ2v) is 22.1. The lowest BCUT2D eigenvalue weighted by Gasteiger charge is -2.40. The molecule has 1 rings (SSSR count). The highest BCUT2D eigenvalue weighted by Crippen LogP contribution is 2.23. The number of ether oxygens (including phenoxy) is 3. The number of unbranched alkanes of at least 4 members (excludes halogenated alkanes) is 32. The van der Waals surface area contributed by atoms with E-state index in [1.807, 2.05) is 19.1 Å². The second kappa shape index (κ2) is 56.0. The highest BCUT2D eigenvalue weighted by atomic mass is 16.7. The molecule has 1 amide bonds. The van der Waals surface area contributed by atoms with E-state index >= 15 is 0 Å². The number of aliphatic hydroxyl groups excluding tert-OH is 5. The van der Waals surface area contributed by atoms with Crippen LogP contribution in [-0.2, 0) is 23.8 Å². The van der Waals surface area contributed by atoms with Gasteiger partial charge in [-0.05, 0) is 103 Å². The topological polar surface area (TPSA) is 175 Å². The van der Waals surface area contributed by atoms with Crippen LogP contribution in [0.25, 0.3) is 0 Å². The molecule has 1 heterocycles. The number of esters is 1. The lowest BCUT2D eigenvalue weighted by atomic mass is 9.99. The first-order chi connectivity index (χ1) is 38.2. The minimum Gasteiger partial charge on any atom is -0.466 e. The highest BCUT2D eigenvalue weighted by molar-refractivity contribution is 5.76. The van der Waals surface area contributed by atoms with Gasteiger partial charge < -0.3 is 45.1 Å². The van der Waals surface area contributed by atoms with E-state index in [-0.39, 0.29) is 18.5 Å². The average Bonchev–Trinajstić information content (AvgIpc) is 3.44. The highest BCUT2D eigenvalue weighted by Gasteiger charge is 2.44. The maximum atomic E-state index is 13.0. The van der Waals surface area contributed by atoms with Crippen LogP contribution in [0.4, 0.5) is 0 Å². The quantitative estimate of drug-likeness (QED) is 0.0195. The molecule has 0 bridgehead atoms. The van der Waals surface area contributed by atoms with E-state index in [0.29, 0.717) is 19.4 Å². The summed E-state index contributed by atoms with van der Waals surface area (Å²) in [5.74, 6) is -0.210. The summed E-state index contributed by atoms with van der Waals surface area (Å²) in [5, 5.41) is 54.2. The van der Waals surface area contributed by atoms with Gasteiger partial charge in [-0.3, -0.25) is 9.59 Å². The lowest BCUT2D eigenvalue weighted by molar-refractivity contribution is -0.302. The Labute approximate surface area is 477 Å². The summed E-state index contributed by atoms with van der Waals surface area (Å²) in [7, 11) is 0. The normalized spacial score (nSPS) is 19.0. The summed E-state index contributed by atoms with van der Waals surface area (Å²) >= 11 is 0. The van der Waals surface area contributed by atoms with Crippen LogP contribution >= 0.6 is 0 Å². The zero-order valence-corrected chi connectivity index (χ0v) is 49.9. The zero-order chi connectivity index (χ0) is 56.6. The van der Waals surface area contributed by atoms with E-state index in [2.05, 4.69) is 66.9 Å². The van der Waals surface area contributed by atoms with Crippen molar-refractivity contribution in [1.82, 2.24) is 5.32 Å². The zero-order valence-electron chi connectivity index (χ0n) is 49.9. The Hall–Kier alpha value is -2.90. The van der Waals surface area contributed by atoms with Crippen LogP contribution in [0.15, 0.2) is 72.9 Å². The number of carbonyl (C=O) groups is 2. The Morgan fingerprint density at radius 3 is 1.42 bits per heavy atom. The van der Waals surface area contributed by atoms with Gasteiger partial charge in [0.25, 0.3) is 0 Å². The Morgan fingerprint density at radius 2 is 0.923 bits per heavy atom. The van der Waals surface area contributed by atoms with Crippen molar-refractivity contribution in [2.75, 3.05) is 19.8 Å². The van der Waals surface area contributed by atoms with Gasteiger partial charge in [-0.25, -0.2) is 0 Å². The molecular weight excluding hydrogens is 979 g/mol. The largest absolute Gasteiger partial charge is 0.466 e. The van der Waals surface area contributed by atoms with Crippen LogP contribution in [0.5, 0.6) is 0 Å². The molecule has 0 aromatic rings. The summed E-state index contributed by atoms with van der Waals surface area (Å²) in [4.78, 5) is 25.0. The molecule has 7 unspecified atom stereocenters. The van der Waals surface area contributed by atoms with Crippen molar-refractivity contribution >= 4 is 11.9 Å². The maximum absolute atomic E-state index is 13.0. The van der Waals surface area contributed by atoms with Gasteiger partial charge in [-0.2, -0.15) is 0 Å². The van der Waals surface area contributed by atoms with Crippen molar-refractivity contribution in [1.29, 1.82) is 0 Å². The number of nitrogens with one attached hydrogen (secondary N) is 1. The number of rotatable bonds is 55. The van der Waals surface area contributed by atoms with Gasteiger partial charge in [0.2, 0.25) is 5.91 Å². The Kier molecular flexibility index (Phi) is 52.5. The van der Waals surface area contributed by atoms with Crippen LogP contribution < -0.4 is 5.32 Å². The predicted octanol–water partition coefficient (Wildman–Crippen LogP) is 15.6. The molecule has 11 heteroatoms. The fraction of sp³-hybridized carbons (Fsp3) is 0.791. The molecule has 6 N–H and O–H groups in total. The summed E-state index contributed by atoms with van der Waals surface area (Å²) in [6.07, 6.45) is 64.8. The van der Waals surface area contributed by atoms with Gasteiger partial charge >= 0.3 is 5.97 Å². The Balaban J connectivity index is 1.96. The van der Waals surface area contributed by atoms with E-state index in [0.717, 1.165) is 70.6 Å². The van der Waals surface area contributed by atoms with Crippen LogP contribution in [0, 0.1) is 0 Å². The molecular formula is C67H119NO10. The number of hydrogen-bond donors (Lipinski definition) is 6. The van der Waals surface area contributed by atoms with Gasteiger partial charge in [0, 0.05) is 12.8 Å². The van der Waals surface area contributed by atoms with Crippen LogP contribution in [-0.4, -0.2) is 100 Å². The molecule has 0 aromatic heterocycles. The summed E-state index contributed by atoms with van der Waals surface area (Å²) in [5.41, 5.74) is 0. The van der Waals surface area contributed by atoms with Gasteiger partial charge in [0.05, 0.1) is 32.0 Å². The number of hydrogen-bond acceptors (Lipinski definition) is 10. The fourth-order valence-electron chi connectivity index (χ4n) is 9.74. The molecule has 1 fully saturated rings. The van der Waals surface area contributed by atoms with E-state index in [1.54, 1.807) is 6.08 Å². The molecule has 0 spiro atoms. The van der Waals surface area contributed by atoms with E-state index in [1.165, 1.54) is 180 Å². The second-order valence-electron chi connectivity index (χ2n) is 22.1. The molecule has 7 atom stereocenters. The standard InChI is InChI=1S/C67H119NO10/c1-3-5-7-9-11-13-14-31-35-39-43-47-51-55-63(72)76-56-52-48-44-40-36-33-30-28-26-24-22-20-18-16-15-17-19-21-23-25-27-29-32-34-38-42-46-50-54-62(71)68-59(60(70)53-49-45-41-37-12-10-8-6-4-2)58-77-67-66(75)65(74)64(73)61(57-69)78-67/h4,6-7,9,12-16,37,49,53,59-61,64-67,69-70,73-75H,3,5,8,10-11,17-36,38-48,50-52,54-58H2,1-2H3,(H,68,71)/b6-4+,9-7-,14-13-,16-15-,37-12+,53-49+. The average molecular weight is 1100 g/mol. The van der Waals surface area contributed by atoms with Gasteiger partial charge in [-0.15, -0.1) is 0 Å². The lowest BCUT2D eigenvalue weighted by Crippen LogP contribution is -2.60. The third kappa shape index (κ3) is 44.8. The van der Waals surface area contributed by atoms with Crippen molar-refractivity contribution in [2.24, 2.45) is 0 Å². The molecule has 0 saturated carbocycles. The van der Waals surface area contributed by atoms with Crippen molar-refractivity contribution in [2.45, 2.75) is 320 Å². The fourth-order valence-corrected chi connectivity index (χ4v) is 9.74. The van der Waals surface area contributed by atoms with E-state index in [9.17, 15) is 35.1 Å². The maximum Gasteiger partial charge on any atom is 0.305 e. The van der Waals surface area contributed by atoms with E-state index in [4.69, 9.17) is 14.2 Å². The minimum atomic E-state index is -1.58. The Morgan fingerprint density at radius 1 is 0.500 bits per heavy atom. The van der Waals surface area contributed by atoms with E-state index < -0.39 is 49.5 Å². The summed E-state index contributed by atoms with van der Waals surface area (Å²) in [6.45, 7) is 4.02. The number of allylic oxidation sites excluding steroid dienone is 11. The van der Waals surface area contributed by atoms with Gasteiger partial charge in [-0.1, -0.05) is 234 Å². The molecule has 0 aliphatic carbocycles. The van der Waals surface area contributed by atoms with Crippen molar-refractivity contribution in [3.8, 4) is 0 Å².